The summed E-state index contributed by atoms with van der Waals surface area (Å²) < 4.78 is 0. The van der Waals surface area contributed by atoms with Gasteiger partial charge in [0.2, 0.25) is 0 Å². The average Bonchev–Trinajstić information content (AvgIpc) is 2.05. The van der Waals surface area contributed by atoms with Gasteiger partial charge in [-0.15, -0.1) is 0 Å². The number of unbranched alkanes of at least 4 members (excludes halogenated alkanes) is 4. The van der Waals surface area contributed by atoms with E-state index in [9.17, 15) is 0 Å². The van der Waals surface area contributed by atoms with Gasteiger partial charge in [0.25, 0.3) is 0 Å². The van der Waals surface area contributed by atoms with Crippen LogP contribution < -0.4 is 0 Å². The molecule has 0 aromatic heterocycles. The summed E-state index contributed by atoms with van der Waals surface area (Å²) >= 11 is 0. The summed E-state index contributed by atoms with van der Waals surface area (Å²) in [5.41, 5.74) is 0. The largest absolute Gasteiger partial charge is 0.343 e. The van der Waals surface area contributed by atoms with Crippen LogP contribution in [0.15, 0.2) is 0 Å². The second-order valence-corrected chi connectivity index (χ2v) is 4.03. The second-order valence-electron chi connectivity index (χ2n) is 4.03. The van der Waals surface area contributed by atoms with Gasteiger partial charge < -0.3 is 13.3 Å². The fourth-order valence-corrected chi connectivity index (χ4v) is 1.08. The summed E-state index contributed by atoms with van der Waals surface area (Å²) in [5, 5.41) is 0. The molecule has 0 amide bonds. The van der Waals surface area contributed by atoms with Gasteiger partial charge >= 0.3 is 0 Å². The topological polar surface area (TPSA) is 0 Å². The van der Waals surface area contributed by atoms with Crippen molar-refractivity contribution in [1.29, 1.82) is 0 Å². The normalized spacial score (nSPS) is 7.41. The first-order valence-corrected chi connectivity index (χ1v) is 5.72. The fourth-order valence-electron chi connectivity index (χ4n) is 1.08. The Labute approximate surface area is 140 Å². The summed E-state index contributed by atoms with van der Waals surface area (Å²) in [4.78, 5) is 0. The molecule has 0 nitrogen and oxygen atoms in total. The molecule has 0 saturated heterocycles. The van der Waals surface area contributed by atoms with E-state index in [1.165, 1.54) is 32.1 Å². The predicted molar refractivity (Wildman–Crippen MR) is 83.7 cm³/mol. The zero-order valence-electron chi connectivity index (χ0n) is 10.7. The second kappa shape index (κ2) is 36.0. The zero-order chi connectivity index (χ0) is 10.5. The number of hydrogen-bond donors (Lipinski definition) is 0. The Morgan fingerprint density at radius 1 is 0.882 bits per heavy atom. The Hall–Kier alpha value is 1.10. The molecule has 0 heterocycles. The van der Waals surface area contributed by atoms with Crippen LogP contribution in [-0.2, 0) is 32.7 Å². The third kappa shape index (κ3) is 59.4. The SMILES string of the molecule is C.C.C.C[CH-]C.[CH2-]CCCCCCC(C)C.[Y]. The summed E-state index contributed by atoms with van der Waals surface area (Å²) in [6.07, 6.45) is 10.0. The van der Waals surface area contributed by atoms with Gasteiger partial charge in [-0.2, -0.15) is 20.3 Å². The third-order valence-corrected chi connectivity index (χ3v) is 1.78. The van der Waals surface area contributed by atoms with E-state index in [2.05, 4.69) is 20.8 Å². The predicted octanol–water partition coefficient (Wildman–Crippen LogP) is 6.95. The van der Waals surface area contributed by atoms with Crippen LogP contribution in [0.1, 0.15) is 88.5 Å². The molecule has 0 bridgehead atoms. The molecule has 0 unspecified atom stereocenters. The van der Waals surface area contributed by atoms with Crippen LogP contribution in [0.2, 0.25) is 0 Å². The van der Waals surface area contributed by atoms with Gasteiger partial charge in [-0.25, -0.2) is 0 Å². The van der Waals surface area contributed by atoms with Gasteiger partial charge in [-0.05, 0) is 5.92 Å². The maximum atomic E-state index is 3.82. The van der Waals surface area contributed by atoms with Crippen LogP contribution in [-0.4, -0.2) is 0 Å². The van der Waals surface area contributed by atoms with Crippen molar-refractivity contribution in [3.05, 3.63) is 13.3 Å². The van der Waals surface area contributed by atoms with Crippen molar-refractivity contribution in [1.82, 2.24) is 0 Å². The molecule has 0 atom stereocenters. The molecule has 0 saturated carbocycles. The molecule has 17 heavy (non-hydrogen) atoms. The molecule has 0 spiro atoms. The molecule has 0 aliphatic carbocycles. The van der Waals surface area contributed by atoms with E-state index >= 15 is 0 Å². The Morgan fingerprint density at radius 3 is 1.53 bits per heavy atom. The first kappa shape index (κ1) is 36.2. The van der Waals surface area contributed by atoms with Crippen LogP contribution in [0, 0.1) is 19.3 Å². The third-order valence-electron chi connectivity index (χ3n) is 1.78. The number of rotatable bonds is 6. The van der Waals surface area contributed by atoms with Gasteiger partial charge in [0.15, 0.2) is 0 Å². The molecule has 1 heteroatoms. The number of hydrogen-bond acceptors (Lipinski definition) is 0. The maximum Gasteiger partial charge on any atom is 0 e. The molecule has 109 valence electrons. The van der Waals surface area contributed by atoms with E-state index < -0.39 is 0 Å². The monoisotopic (exact) mass is 321 g/mol. The smallest absolute Gasteiger partial charge is 0 e. The molecule has 0 aliphatic heterocycles. The van der Waals surface area contributed by atoms with Crippen LogP contribution in [0.3, 0.4) is 0 Å². The molecule has 0 aliphatic rings. The average molecular weight is 321 g/mol. The summed E-state index contributed by atoms with van der Waals surface area (Å²) in [6.45, 7) is 12.4. The van der Waals surface area contributed by atoms with E-state index in [1.807, 2.05) is 20.3 Å². The molecular weight excluding hydrogens is 281 g/mol. The molecule has 0 aromatic carbocycles. The van der Waals surface area contributed by atoms with E-state index in [4.69, 9.17) is 0 Å². The van der Waals surface area contributed by atoms with E-state index in [0.717, 1.165) is 12.3 Å². The first-order valence-electron chi connectivity index (χ1n) is 5.72. The van der Waals surface area contributed by atoms with Gasteiger partial charge in [-0.3, -0.25) is 0 Å². The Balaban J connectivity index is -0.0000000393. The van der Waals surface area contributed by atoms with Crippen molar-refractivity contribution in [2.75, 3.05) is 0 Å². The zero-order valence-corrected chi connectivity index (χ0v) is 13.5. The van der Waals surface area contributed by atoms with Crippen molar-refractivity contribution in [2.24, 2.45) is 5.92 Å². The summed E-state index contributed by atoms with van der Waals surface area (Å²) in [7, 11) is 0. The van der Waals surface area contributed by atoms with Gasteiger partial charge in [0.05, 0.1) is 0 Å². The maximum absolute atomic E-state index is 3.82. The van der Waals surface area contributed by atoms with Crippen molar-refractivity contribution in [3.63, 3.8) is 0 Å². The Bertz CT molecular complexity index is 69.9. The Kier molecular flexibility index (Phi) is 76.5. The minimum absolute atomic E-state index is 0. The van der Waals surface area contributed by atoms with Crippen LogP contribution in [0.4, 0.5) is 0 Å². The standard InChI is InChI=1S/C10H21.C3H7.3CH4.Y/c1-4-5-6-7-8-9-10(2)3;1-3-2;;;;/h10H,1,4-9H2,2-3H3;3H,1-2H3;3*1H4;/q2*-1;;;;. The van der Waals surface area contributed by atoms with Crippen molar-refractivity contribution >= 4 is 0 Å². The van der Waals surface area contributed by atoms with Crippen molar-refractivity contribution in [2.45, 2.75) is 88.5 Å². The minimum Gasteiger partial charge on any atom is -0.343 e. The minimum atomic E-state index is 0. The summed E-state index contributed by atoms with van der Waals surface area (Å²) in [5.74, 6) is 0.889. The van der Waals surface area contributed by atoms with Crippen LogP contribution >= 0.6 is 0 Å². The Morgan fingerprint density at radius 2 is 1.24 bits per heavy atom. The van der Waals surface area contributed by atoms with E-state index in [1.54, 1.807) is 0 Å². The summed E-state index contributed by atoms with van der Waals surface area (Å²) in [6, 6.07) is 0. The van der Waals surface area contributed by atoms with Crippen molar-refractivity contribution in [3.8, 4) is 0 Å². The van der Waals surface area contributed by atoms with Crippen LogP contribution in [0.25, 0.3) is 0 Å². The molecule has 0 N–H and O–H groups in total. The molecule has 0 rings (SSSR count). The van der Waals surface area contributed by atoms with E-state index in [-0.39, 0.29) is 55.0 Å². The molecule has 1 radical (unpaired) electrons. The molecule has 0 fully saturated rings. The van der Waals surface area contributed by atoms with E-state index in [0.29, 0.717) is 0 Å². The molecule has 0 aromatic rings. The quantitative estimate of drug-likeness (QED) is 0.366. The van der Waals surface area contributed by atoms with Crippen LogP contribution in [0.5, 0.6) is 0 Å². The van der Waals surface area contributed by atoms with Gasteiger partial charge in [0, 0.05) is 32.7 Å². The fraction of sp³-hybridized carbons (Fsp3) is 0.875. The first-order chi connectivity index (χ1) is 6.18. The van der Waals surface area contributed by atoms with Gasteiger partial charge in [0.1, 0.15) is 0 Å². The molecular formula is C16H40Y-2. The van der Waals surface area contributed by atoms with Gasteiger partial charge in [-0.1, -0.05) is 68.2 Å². The van der Waals surface area contributed by atoms with Crippen molar-refractivity contribution < 1.29 is 32.7 Å².